The second kappa shape index (κ2) is 6.91. The summed E-state index contributed by atoms with van der Waals surface area (Å²) in [5.74, 6) is -0.0208. The van der Waals surface area contributed by atoms with Gasteiger partial charge in [-0.1, -0.05) is 6.07 Å². The summed E-state index contributed by atoms with van der Waals surface area (Å²) in [5, 5.41) is 7.04. The highest BCUT2D eigenvalue weighted by atomic mass is 16.1. The Kier molecular flexibility index (Phi) is 4.71. The van der Waals surface area contributed by atoms with Gasteiger partial charge in [0.2, 0.25) is 5.91 Å². The average molecular weight is 313 g/mol. The van der Waals surface area contributed by atoms with Gasteiger partial charge < -0.3 is 5.32 Å². The van der Waals surface area contributed by atoms with Crippen LogP contribution in [0.25, 0.3) is 0 Å². The molecule has 1 saturated heterocycles. The number of rotatable bonds is 5. The van der Waals surface area contributed by atoms with E-state index in [1.807, 2.05) is 24.1 Å². The molecule has 0 aliphatic carbocycles. The minimum atomic E-state index is -0.0208. The molecule has 1 N–H and O–H groups in total. The number of hydrogen-bond donors (Lipinski definition) is 1. The fourth-order valence-electron chi connectivity index (χ4n) is 3.10. The van der Waals surface area contributed by atoms with Gasteiger partial charge in [-0.2, -0.15) is 5.10 Å². The van der Waals surface area contributed by atoms with Crippen LogP contribution in [0.5, 0.6) is 0 Å². The number of amides is 1. The summed E-state index contributed by atoms with van der Waals surface area (Å²) in [4.78, 5) is 18.1. The van der Waals surface area contributed by atoms with Crippen molar-refractivity contribution < 1.29 is 4.79 Å². The van der Waals surface area contributed by atoms with Crippen molar-refractivity contribution in [1.82, 2.24) is 25.0 Å². The number of carbonyl (C=O) groups excluding carboxylic acids is 1. The number of pyridine rings is 1. The van der Waals surface area contributed by atoms with E-state index in [0.717, 1.165) is 30.8 Å². The van der Waals surface area contributed by atoms with Crippen molar-refractivity contribution in [2.45, 2.75) is 38.9 Å². The summed E-state index contributed by atoms with van der Waals surface area (Å²) in [6.45, 7) is 4.06. The Morgan fingerprint density at radius 3 is 2.87 bits per heavy atom. The van der Waals surface area contributed by atoms with E-state index < -0.39 is 0 Å². The van der Waals surface area contributed by atoms with Crippen molar-refractivity contribution in [3.05, 3.63) is 47.5 Å². The molecular weight excluding hydrogens is 290 g/mol. The number of aryl methyl sites for hydroxylation is 1. The molecule has 1 aliphatic heterocycles. The van der Waals surface area contributed by atoms with E-state index >= 15 is 0 Å². The minimum Gasteiger partial charge on any atom is -0.352 e. The molecule has 6 nitrogen and oxygen atoms in total. The molecule has 2 aromatic rings. The van der Waals surface area contributed by atoms with Gasteiger partial charge in [0.05, 0.1) is 17.9 Å². The normalized spacial score (nSPS) is 18.3. The van der Waals surface area contributed by atoms with Gasteiger partial charge in [0.25, 0.3) is 0 Å². The molecular formula is C17H23N5O. The molecule has 1 aliphatic rings. The van der Waals surface area contributed by atoms with Gasteiger partial charge >= 0.3 is 0 Å². The molecule has 6 heteroatoms. The molecule has 0 saturated carbocycles. The van der Waals surface area contributed by atoms with Crippen LogP contribution in [0, 0.1) is 0 Å². The van der Waals surface area contributed by atoms with Crippen LogP contribution in [0.15, 0.2) is 30.7 Å². The summed E-state index contributed by atoms with van der Waals surface area (Å²) in [5.41, 5.74) is 3.38. The molecule has 1 fully saturated rings. The monoisotopic (exact) mass is 313 g/mol. The predicted molar refractivity (Wildman–Crippen MR) is 87.4 cm³/mol. The fourth-order valence-corrected chi connectivity index (χ4v) is 3.10. The fraction of sp³-hybridized carbons (Fsp3) is 0.471. The lowest BCUT2D eigenvalue weighted by Gasteiger charge is -2.23. The second-order valence-corrected chi connectivity index (χ2v) is 6.15. The SMILES string of the molecule is CC(=O)NCc1ccc([C@@H]2CCCN2Cc2cnn(C)c2)nc1. The summed E-state index contributed by atoms with van der Waals surface area (Å²) in [6.07, 6.45) is 8.20. The molecule has 1 amide bonds. The van der Waals surface area contributed by atoms with E-state index in [1.54, 1.807) is 0 Å². The summed E-state index contributed by atoms with van der Waals surface area (Å²) >= 11 is 0. The van der Waals surface area contributed by atoms with E-state index in [-0.39, 0.29) is 5.91 Å². The van der Waals surface area contributed by atoms with Crippen molar-refractivity contribution in [2.24, 2.45) is 7.05 Å². The highest BCUT2D eigenvalue weighted by Crippen LogP contribution is 2.31. The van der Waals surface area contributed by atoms with Crippen LogP contribution in [0.2, 0.25) is 0 Å². The number of nitrogens with zero attached hydrogens (tertiary/aromatic N) is 4. The standard InChI is InChI=1S/C17H23N5O/c1-13(23)18-8-14-5-6-16(19-9-14)17-4-3-7-22(17)12-15-10-20-21(2)11-15/h5-6,9-11,17H,3-4,7-8,12H2,1-2H3,(H,18,23)/t17-/m0/s1. The zero-order chi connectivity index (χ0) is 16.2. The molecule has 2 aromatic heterocycles. The third-order valence-electron chi connectivity index (χ3n) is 4.24. The quantitative estimate of drug-likeness (QED) is 0.914. The van der Waals surface area contributed by atoms with Crippen molar-refractivity contribution >= 4 is 5.91 Å². The van der Waals surface area contributed by atoms with Gasteiger partial charge in [0, 0.05) is 45.0 Å². The molecule has 0 radical (unpaired) electrons. The largest absolute Gasteiger partial charge is 0.352 e. The third kappa shape index (κ3) is 3.96. The first-order chi connectivity index (χ1) is 11.1. The van der Waals surface area contributed by atoms with E-state index in [0.29, 0.717) is 12.6 Å². The number of carbonyl (C=O) groups is 1. The number of likely N-dealkylation sites (tertiary alicyclic amines) is 1. The Bertz CT molecular complexity index is 664. The van der Waals surface area contributed by atoms with Crippen LogP contribution < -0.4 is 5.32 Å². The molecule has 0 aromatic carbocycles. The molecule has 0 bridgehead atoms. The van der Waals surface area contributed by atoms with E-state index in [1.165, 1.54) is 18.9 Å². The topological polar surface area (TPSA) is 63.1 Å². The van der Waals surface area contributed by atoms with E-state index in [4.69, 9.17) is 0 Å². The first kappa shape index (κ1) is 15.7. The van der Waals surface area contributed by atoms with Crippen LogP contribution in [-0.2, 0) is 24.9 Å². The summed E-state index contributed by atoms with van der Waals surface area (Å²) in [7, 11) is 1.94. The van der Waals surface area contributed by atoms with Crippen molar-refractivity contribution in [3.8, 4) is 0 Å². The van der Waals surface area contributed by atoms with Gasteiger partial charge in [-0.15, -0.1) is 0 Å². The van der Waals surface area contributed by atoms with Crippen LogP contribution in [0.4, 0.5) is 0 Å². The van der Waals surface area contributed by atoms with Crippen LogP contribution >= 0.6 is 0 Å². The van der Waals surface area contributed by atoms with Gasteiger partial charge in [0.1, 0.15) is 0 Å². The van der Waals surface area contributed by atoms with E-state index in [2.05, 4.69) is 38.6 Å². The van der Waals surface area contributed by atoms with Crippen LogP contribution in [0.1, 0.15) is 42.6 Å². The summed E-state index contributed by atoms with van der Waals surface area (Å²) < 4.78 is 1.84. The lowest BCUT2D eigenvalue weighted by molar-refractivity contribution is -0.119. The molecule has 23 heavy (non-hydrogen) atoms. The zero-order valence-electron chi connectivity index (χ0n) is 13.7. The van der Waals surface area contributed by atoms with Gasteiger partial charge in [-0.3, -0.25) is 19.4 Å². The Labute approximate surface area is 136 Å². The number of nitrogens with one attached hydrogen (secondary N) is 1. The number of aromatic nitrogens is 3. The molecule has 0 unspecified atom stereocenters. The first-order valence-electron chi connectivity index (χ1n) is 8.02. The Balaban J connectivity index is 1.66. The molecule has 122 valence electrons. The molecule has 3 rings (SSSR count). The van der Waals surface area contributed by atoms with E-state index in [9.17, 15) is 4.79 Å². The maximum atomic E-state index is 11.0. The molecule has 1 atom stereocenters. The highest BCUT2D eigenvalue weighted by molar-refractivity contribution is 5.72. The maximum absolute atomic E-state index is 11.0. The first-order valence-corrected chi connectivity index (χ1v) is 8.02. The molecule has 0 spiro atoms. The lowest BCUT2D eigenvalue weighted by Crippen LogP contribution is -2.23. The van der Waals surface area contributed by atoms with Crippen molar-refractivity contribution in [3.63, 3.8) is 0 Å². The predicted octanol–water partition coefficient (Wildman–Crippen LogP) is 1.79. The summed E-state index contributed by atoms with van der Waals surface area (Å²) in [6, 6.07) is 4.51. The second-order valence-electron chi connectivity index (χ2n) is 6.15. The van der Waals surface area contributed by atoms with Crippen LogP contribution in [0.3, 0.4) is 0 Å². The van der Waals surface area contributed by atoms with Gasteiger partial charge in [-0.05, 0) is 31.0 Å². The lowest BCUT2D eigenvalue weighted by atomic mass is 10.1. The Hall–Kier alpha value is -2.21. The zero-order valence-corrected chi connectivity index (χ0v) is 13.7. The van der Waals surface area contributed by atoms with Crippen molar-refractivity contribution in [2.75, 3.05) is 6.54 Å². The highest BCUT2D eigenvalue weighted by Gasteiger charge is 2.27. The smallest absolute Gasteiger partial charge is 0.217 e. The van der Waals surface area contributed by atoms with Crippen LogP contribution in [-0.4, -0.2) is 32.1 Å². The molecule has 3 heterocycles. The Morgan fingerprint density at radius 2 is 2.22 bits per heavy atom. The van der Waals surface area contributed by atoms with Crippen molar-refractivity contribution in [1.29, 1.82) is 0 Å². The maximum Gasteiger partial charge on any atom is 0.217 e. The third-order valence-corrected chi connectivity index (χ3v) is 4.24. The number of hydrogen-bond acceptors (Lipinski definition) is 4. The average Bonchev–Trinajstić information content (AvgIpc) is 3.15. The minimum absolute atomic E-state index is 0.0208. The van der Waals surface area contributed by atoms with Gasteiger partial charge in [-0.25, -0.2) is 0 Å². The van der Waals surface area contributed by atoms with Gasteiger partial charge in [0.15, 0.2) is 0 Å². The Morgan fingerprint density at radius 1 is 1.35 bits per heavy atom.